The Morgan fingerprint density at radius 3 is 2.66 bits per heavy atom. The number of likely N-dealkylation sites (tertiary alicyclic amines) is 1. The van der Waals surface area contributed by atoms with E-state index in [9.17, 15) is 31.1 Å². The molecule has 1 aliphatic heterocycles. The van der Waals surface area contributed by atoms with Crippen molar-refractivity contribution in [3.63, 3.8) is 0 Å². The largest absolute Gasteiger partial charge is 0.416 e. The molecule has 3 aromatic rings. The van der Waals surface area contributed by atoms with Crippen LogP contribution in [0.15, 0.2) is 66.0 Å². The Morgan fingerprint density at radius 1 is 1.09 bits per heavy atom. The summed E-state index contributed by atoms with van der Waals surface area (Å²) in [6.07, 6.45) is 2.47. The second-order valence-electron chi connectivity index (χ2n) is 11.3. The third kappa shape index (κ3) is 8.16. The minimum absolute atomic E-state index is 0.0622. The average Bonchev–Trinajstić information content (AvgIpc) is 3.48. The maximum atomic E-state index is 13.5. The Balaban J connectivity index is 1.11. The van der Waals surface area contributed by atoms with Crippen LogP contribution in [0.3, 0.4) is 0 Å². The molecule has 0 saturated carbocycles. The summed E-state index contributed by atoms with van der Waals surface area (Å²) in [6.45, 7) is 2.39. The van der Waals surface area contributed by atoms with Gasteiger partial charge in [0.05, 0.1) is 22.2 Å². The fourth-order valence-electron chi connectivity index (χ4n) is 5.67. The van der Waals surface area contributed by atoms with Crippen molar-refractivity contribution in [1.82, 2.24) is 29.9 Å². The van der Waals surface area contributed by atoms with Crippen molar-refractivity contribution in [3.8, 4) is 0 Å². The van der Waals surface area contributed by atoms with Gasteiger partial charge >= 0.3 is 6.18 Å². The Bertz CT molecular complexity index is 1550. The van der Waals surface area contributed by atoms with E-state index in [4.69, 9.17) is 0 Å². The monoisotopic (exact) mass is 636 g/mol. The molecule has 5 rings (SSSR count). The van der Waals surface area contributed by atoms with Gasteiger partial charge in [0.15, 0.2) is 0 Å². The highest BCUT2D eigenvalue weighted by Crippen LogP contribution is 2.34. The van der Waals surface area contributed by atoms with Crippen molar-refractivity contribution in [2.45, 2.75) is 81.0 Å². The van der Waals surface area contributed by atoms with E-state index in [1.807, 2.05) is 10.9 Å². The van der Waals surface area contributed by atoms with Gasteiger partial charge < -0.3 is 10.4 Å². The van der Waals surface area contributed by atoms with Gasteiger partial charge in [0.25, 0.3) is 10.0 Å². The van der Waals surface area contributed by atoms with Gasteiger partial charge in [-0.05, 0) is 79.8 Å². The Morgan fingerprint density at radius 2 is 1.89 bits per heavy atom. The van der Waals surface area contributed by atoms with Gasteiger partial charge in [-0.1, -0.05) is 29.5 Å². The summed E-state index contributed by atoms with van der Waals surface area (Å²) >= 11 is 0. The lowest BCUT2D eigenvalue weighted by atomic mass is 9.86. The van der Waals surface area contributed by atoms with Gasteiger partial charge in [0, 0.05) is 38.2 Å². The Hall–Kier alpha value is -3.49. The van der Waals surface area contributed by atoms with E-state index < -0.39 is 39.1 Å². The number of aromatic nitrogens is 3. The van der Waals surface area contributed by atoms with Crippen molar-refractivity contribution < 1.29 is 31.1 Å². The number of benzene rings is 2. The predicted octanol–water partition coefficient (Wildman–Crippen LogP) is 4.45. The van der Waals surface area contributed by atoms with Crippen LogP contribution in [-0.4, -0.2) is 58.9 Å². The highest BCUT2D eigenvalue weighted by atomic mass is 32.2. The molecule has 0 bridgehead atoms. The normalized spacial score (nSPS) is 19.2. The molecule has 14 heteroatoms. The minimum atomic E-state index is -4.67. The number of alkyl halides is 4. The molecule has 3 N–H and O–H groups in total. The zero-order valence-corrected chi connectivity index (χ0v) is 24.9. The molecule has 1 aromatic heterocycles. The van der Waals surface area contributed by atoms with E-state index in [0.717, 1.165) is 63.3 Å². The number of nitrogens with one attached hydrogen (secondary N) is 2. The van der Waals surface area contributed by atoms with Gasteiger partial charge in [-0.25, -0.2) is 17.5 Å². The molecule has 0 radical (unpaired) electrons. The van der Waals surface area contributed by atoms with Crippen LogP contribution in [-0.2, 0) is 35.6 Å². The van der Waals surface area contributed by atoms with E-state index in [0.29, 0.717) is 31.0 Å². The minimum Gasteiger partial charge on any atom is -0.374 e. The second kappa shape index (κ2) is 13.7. The first-order valence-corrected chi connectivity index (χ1v) is 16.1. The molecular formula is C30H36F4N6O3S. The van der Waals surface area contributed by atoms with Crippen molar-refractivity contribution in [1.29, 1.82) is 0 Å². The summed E-state index contributed by atoms with van der Waals surface area (Å²) in [4.78, 5) is 1.77. The number of halogens is 4. The maximum absolute atomic E-state index is 13.5. The zero-order valence-electron chi connectivity index (χ0n) is 24.0. The van der Waals surface area contributed by atoms with Gasteiger partial charge in [0.1, 0.15) is 12.4 Å². The van der Waals surface area contributed by atoms with Crippen LogP contribution >= 0.6 is 0 Å². The molecule has 2 aliphatic rings. The van der Waals surface area contributed by atoms with Crippen molar-refractivity contribution in [2.75, 3.05) is 13.1 Å². The van der Waals surface area contributed by atoms with Crippen molar-refractivity contribution in [2.24, 2.45) is 0 Å². The first-order chi connectivity index (χ1) is 21.0. The van der Waals surface area contributed by atoms with E-state index in [-0.39, 0.29) is 12.5 Å². The Labute approximate surface area is 254 Å². The molecule has 0 amide bonds. The topological polar surface area (TPSA) is 112 Å². The number of aliphatic hydroxyl groups excluding tert-OH is 1. The molecule has 2 heterocycles. The molecule has 1 saturated heterocycles. The van der Waals surface area contributed by atoms with Crippen molar-refractivity contribution in [3.05, 3.63) is 89.0 Å². The molecule has 0 spiro atoms. The van der Waals surface area contributed by atoms with Crippen LogP contribution in [0.25, 0.3) is 0 Å². The number of hydrogen-bond donors (Lipinski definition) is 3. The molecule has 9 nitrogen and oxygen atoms in total. The molecular weight excluding hydrogens is 600 g/mol. The average molecular weight is 637 g/mol. The van der Waals surface area contributed by atoms with Gasteiger partial charge in [-0.2, -0.15) is 13.2 Å². The predicted molar refractivity (Wildman–Crippen MR) is 155 cm³/mol. The van der Waals surface area contributed by atoms with Gasteiger partial charge in [-0.3, -0.25) is 9.62 Å². The number of aryl methyl sites for hydroxylation is 2. The number of piperidine rings is 1. The number of hydrogen-bond acceptors (Lipinski definition) is 7. The third-order valence-electron chi connectivity index (χ3n) is 8.03. The molecule has 238 valence electrons. The van der Waals surface area contributed by atoms with Crippen LogP contribution in [0.1, 0.15) is 66.1 Å². The third-order valence-corrected chi connectivity index (χ3v) is 9.35. The fourth-order valence-corrected chi connectivity index (χ4v) is 6.59. The van der Waals surface area contributed by atoms with Gasteiger partial charge in [-0.15, -0.1) is 5.10 Å². The lowest BCUT2D eigenvalue weighted by Crippen LogP contribution is -2.33. The summed E-state index contributed by atoms with van der Waals surface area (Å²) in [6, 6.07) is 10.0. The smallest absolute Gasteiger partial charge is 0.374 e. The highest BCUT2D eigenvalue weighted by molar-refractivity contribution is 7.89. The summed E-state index contributed by atoms with van der Waals surface area (Å²) in [7, 11) is -4.23. The number of fused-ring (bicyclic) bond motifs is 1. The van der Waals surface area contributed by atoms with Crippen LogP contribution in [0.5, 0.6) is 0 Å². The molecule has 2 atom stereocenters. The van der Waals surface area contributed by atoms with Crippen LogP contribution in [0.2, 0.25) is 0 Å². The number of rotatable bonds is 11. The number of nitrogens with zero attached hydrogens (tertiary/aromatic N) is 4. The van der Waals surface area contributed by atoms with Gasteiger partial charge in [0.2, 0.25) is 0 Å². The lowest BCUT2D eigenvalue weighted by molar-refractivity contribution is -0.137. The molecule has 44 heavy (non-hydrogen) atoms. The summed E-state index contributed by atoms with van der Waals surface area (Å²) in [5.74, 6) is 0. The van der Waals surface area contributed by atoms with E-state index in [1.165, 1.54) is 22.9 Å². The quantitative estimate of drug-likeness (QED) is 0.211. The van der Waals surface area contributed by atoms with Crippen LogP contribution in [0.4, 0.5) is 17.6 Å². The molecule has 1 fully saturated rings. The van der Waals surface area contributed by atoms with E-state index >= 15 is 0 Å². The van der Waals surface area contributed by atoms with E-state index in [1.54, 1.807) is 0 Å². The zero-order chi connectivity index (χ0) is 31.3. The second-order valence-corrected chi connectivity index (χ2v) is 13.0. The first kappa shape index (κ1) is 31.9. The SMILES string of the molecule is O=S(=O)(N/C=C\NC(O)CCc1cn([C@H]2CCCc3cc(CN4CCC(F)CC4)ccc32)nn1)c1cccc(C(F)(F)F)c1. The summed E-state index contributed by atoms with van der Waals surface area (Å²) in [5, 5.41) is 21.5. The summed E-state index contributed by atoms with van der Waals surface area (Å²) in [5.41, 5.74) is 3.38. The van der Waals surface area contributed by atoms with E-state index in [2.05, 4.69) is 43.4 Å². The van der Waals surface area contributed by atoms with Crippen LogP contribution < -0.4 is 10.0 Å². The van der Waals surface area contributed by atoms with Crippen LogP contribution in [0, 0.1) is 0 Å². The first-order valence-electron chi connectivity index (χ1n) is 14.7. The molecule has 2 aromatic carbocycles. The standard InChI is InChI=1S/C30H36F4N6O3S/c31-24-11-15-39(16-12-24)19-21-7-9-27-22(17-21)3-1-6-28(27)40-20-25(37-38-40)8-10-29(41)35-13-14-36-44(42,43)26-5-2-4-23(18-26)30(32,33)34/h2,4-5,7,9,13-14,17-18,20,24,28-29,35-36,41H,1,3,6,8,10-12,15-16,19H2/b14-13-/t28-,29?/m0/s1. The van der Waals surface area contributed by atoms with Crippen molar-refractivity contribution >= 4 is 10.0 Å². The highest BCUT2D eigenvalue weighted by Gasteiger charge is 2.31. The number of aliphatic hydroxyl groups is 1. The summed E-state index contributed by atoms with van der Waals surface area (Å²) < 4.78 is 80.8. The lowest BCUT2D eigenvalue weighted by Gasteiger charge is -2.30. The fraction of sp³-hybridized carbons (Fsp3) is 0.467. The molecule has 1 aliphatic carbocycles. The molecule has 1 unspecified atom stereocenters. The number of sulfonamides is 1. The Kier molecular flexibility index (Phi) is 9.90. The maximum Gasteiger partial charge on any atom is 0.416 e.